The van der Waals surface area contributed by atoms with Crippen molar-refractivity contribution in [2.45, 2.75) is 0 Å². The average molecular weight is 1370 g/mol. The monoisotopic (exact) mass is 1360 g/mol. The standard InChI is InChI=1S/C60H38Br4N16O4/c1-81-49-17-5-29(61)21-45(49)77-73-33-9-13-37-41(25-33)57-66-53(37)65-54-38-14-10-35(75-79-47-23-31(63)7-19-51(47)83-3)27-43(38)59(67-54)72-60-44-28-36(76-80-48-24-32(64)8-20-52(48)84-4)12-16-40(44)56(71-60)70-58-42-26-34(11-15-39(42)55(68-57)69-58)74-78-46-22-30(62)6-18-50(46)82-2/h5-28H,1-4H3,(H2,65,66,67,68,69,70,71,72). The van der Waals surface area contributed by atoms with E-state index in [4.69, 9.17) is 48.9 Å². The number of azo groups is 4. The molecule has 2 aliphatic rings. The second-order valence-electron chi connectivity index (χ2n) is 18.6. The third-order valence-electron chi connectivity index (χ3n) is 13.4. The van der Waals surface area contributed by atoms with Crippen LogP contribution in [0.1, 0.15) is 0 Å². The lowest BCUT2D eigenvalue weighted by atomic mass is 10.1. The Morgan fingerprint density at radius 1 is 0.286 bits per heavy atom. The van der Waals surface area contributed by atoms with Gasteiger partial charge in [-0.1, -0.05) is 63.7 Å². The molecule has 0 aliphatic carbocycles. The molecule has 0 saturated heterocycles. The van der Waals surface area contributed by atoms with Crippen LogP contribution in [-0.4, -0.2) is 68.3 Å². The van der Waals surface area contributed by atoms with E-state index in [1.54, 1.807) is 28.4 Å². The van der Waals surface area contributed by atoms with E-state index in [2.05, 4.69) is 115 Å². The van der Waals surface area contributed by atoms with Gasteiger partial charge in [-0.25, -0.2) is 29.9 Å². The Balaban J connectivity index is 1.06. The summed E-state index contributed by atoms with van der Waals surface area (Å²) in [4.78, 5) is 38.5. The zero-order valence-corrected chi connectivity index (χ0v) is 50.6. The predicted octanol–water partition coefficient (Wildman–Crippen LogP) is 19.6. The number of rotatable bonds is 12. The van der Waals surface area contributed by atoms with Crippen LogP contribution in [0.2, 0.25) is 0 Å². The Morgan fingerprint density at radius 3 is 0.893 bits per heavy atom. The molecule has 2 aliphatic heterocycles. The van der Waals surface area contributed by atoms with E-state index >= 15 is 0 Å². The van der Waals surface area contributed by atoms with Crippen molar-refractivity contribution in [3.05, 3.63) is 163 Å². The SMILES string of the molecule is COc1ccc(Br)cc1N=Nc1ccc2c(c1)-c1nc-2nc2[nH]c(nc3nc(nc4[nH]c(n1)c1ccc(N=Nc5cc(Br)ccc5OC)cc41)-c1cc(N=Nc4cc(Br)ccc4OC)ccc1-3)c1ccc(N=Nc3cc(Br)ccc3OC)cc21. The number of ether oxygens (including phenoxy) is 4. The number of nitrogens with one attached hydrogen (secondary N) is 2. The van der Waals surface area contributed by atoms with Crippen LogP contribution in [0.3, 0.4) is 0 Å². The smallest absolute Gasteiger partial charge is 0.164 e. The second kappa shape index (κ2) is 22.8. The first-order chi connectivity index (χ1) is 41.0. The lowest BCUT2D eigenvalue weighted by Gasteiger charge is -2.04. The van der Waals surface area contributed by atoms with Crippen molar-refractivity contribution in [1.82, 2.24) is 39.9 Å². The Labute approximate surface area is 509 Å². The number of aromatic nitrogens is 8. The molecule has 3 aromatic heterocycles. The number of hydrogen-bond donors (Lipinski definition) is 2. The number of aromatic amines is 2. The molecule has 0 atom stereocenters. The van der Waals surface area contributed by atoms with Crippen LogP contribution in [0.15, 0.2) is 204 Å². The summed E-state index contributed by atoms with van der Waals surface area (Å²) in [5.74, 6) is 3.63. The highest BCUT2D eigenvalue weighted by molar-refractivity contribution is 9.11. The molecule has 5 heterocycles. The molecule has 84 heavy (non-hydrogen) atoms. The maximum Gasteiger partial charge on any atom is 0.164 e. The summed E-state index contributed by atoms with van der Waals surface area (Å²) in [6, 6.07) is 44.6. The van der Waals surface area contributed by atoms with Crippen LogP contribution < -0.4 is 18.9 Å². The number of benzene rings is 8. The molecule has 20 nitrogen and oxygen atoms in total. The Kier molecular flexibility index (Phi) is 14.6. The van der Waals surface area contributed by atoms with Crippen LogP contribution in [0.4, 0.5) is 45.5 Å². The molecule has 8 aromatic carbocycles. The molecule has 8 bridgehead atoms. The Bertz CT molecular complexity index is 4840. The predicted molar refractivity (Wildman–Crippen MR) is 336 cm³/mol. The maximum absolute atomic E-state index is 5.60. The van der Waals surface area contributed by atoms with Crippen molar-refractivity contribution in [1.29, 1.82) is 0 Å². The van der Waals surface area contributed by atoms with E-state index in [0.717, 1.165) is 17.9 Å². The van der Waals surface area contributed by atoms with Crippen LogP contribution in [0.25, 0.3) is 89.7 Å². The van der Waals surface area contributed by atoms with Gasteiger partial charge in [0, 0.05) is 61.7 Å². The third kappa shape index (κ3) is 10.7. The lowest BCUT2D eigenvalue weighted by molar-refractivity contribution is 0.415. The van der Waals surface area contributed by atoms with E-state index < -0.39 is 0 Å². The Morgan fingerprint density at radius 2 is 0.571 bits per heavy atom. The molecule has 11 aromatic rings. The van der Waals surface area contributed by atoms with Gasteiger partial charge in [0.25, 0.3) is 0 Å². The second-order valence-corrected chi connectivity index (χ2v) is 22.3. The molecule has 24 heteroatoms. The fourth-order valence-corrected chi connectivity index (χ4v) is 10.8. The van der Waals surface area contributed by atoms with Crippen molar-refractivity contribution in [2.75, 3.05) is 28.4 Å². The van der Waals surface area contributed by atoms with E-state index in [1.807, 2.05) is 146 Å². The van der Waals surface area contributed by atoms with Crippen molar-refractivity contribution in [3.63, 3.8) is 0 Å². The summed E-state index contributed by atoms with van der Waals surface area (Å²) in [6.45, 7) is 0. The largest absolute Gasteiger partial charge is 0.494 e. The zero-order valence-electron chi connectivity index (χ0n) is 44.3. The molecule has 410 valence electrons. The molecule has 0 spiro atoms. The average Bonchev–Trinajstić information content (AvgIpc) is 4.41. The molecule has 0 saturated carbocycles. The van der Waals surface area contributed by atoms with Crippen molar-refractivity contribution < 1.29 is 18.9 Å². The molecule has 2 N–H and O–H groups in total. The normalized spacial score (nSPS) is 12.1. The van der Waals surface area contributed by atoms with Crippen molar-refractivity contribution in [2.24, 2.45) is 40.9 Å². The van der Waals surface area contributed by atoms with Gasteiger partial charge in [-0.3, -0.25) is 0 Å². The van der Waals surface area contributed by atoms with E-state index in [9.17, 15) is 0 Å². The molecular formula is C60H38Br4N16O4. The highest BCUT2D eigenvalue weighted by atomic mass is 79.9. The summed E-state index contributed by atoms with van der Waals surface area (Å²) in [5.41, 5.74) is 8.64. The fraction of sp³-hybridized carbons (Fsp3) is 0.0667. The molecule has 0 unspecified atom stereocenters. The summed E-state index contributed by atoms with van der Waals surface area (Å²) in [7, 11) is 6.35. The minimum absolute atomic E-state index is 0.330. The van der Waals surface area contributed by atoms with E-state index in [1.165, 1.54) is 0 Å². The maximum atomic E-state index is 5.60. The summed E-state index contributed by atoms with van der Waals surface area (Å²) >= 11 is 14.2. The lowest BCUT2D eigenvalue weighted by Crippen LogP contribution is -1.83. The molecule has 0 radical (unpaired) electrons. The number of methoxy groups -OCH3 is 4. The zero-order chi connectivity index (χ0) is 57.6. The highest BCUT2D eigenvalue weighted by Gasteiger charge is 2.24. The first kappa shape index (κ1) is 53.9. The number of H-pyrrole nitrogens is 2. The van der Waals surface area contributed by atoms with Gasteiger partial charge in [-0.05, 0) is 146 Å². The van der Waals surface area contributed by atoms with Gasteiger partial charge >= 0.3 is 0 Å². The minimum atomic E-state index is 0.330. The van der Waals surface area contributed by atoms with Crippen molar-refractivity contribution >= 4 is 153 Å². The molecule has 0 amide bonds. The first-order valence-corrected chi connectivity index (χ1v) is 28.6. The number of nitrogens with zero attached hydrogens (tertiary/aromatic N) is 14. The number of halogens is 4. The van der Waals surface area contributed by atoms with Gasteiger partial charge in [0.05, 0.1) is 51.2 Å². The molecule has 13 rings (SSSR count). The van der Waals surface area contributed by atoms with E-state index in [0.29, 0.717) is 158 Å². The number of fused-ring (bicyclic) bond motifs is 20. The Hall–Kier alpha value is -9.36. The van der Waals surface area contributed by atoms with Gasteiger partial charge in [0.1, 0.15) is 68.3 Å². The quantitative estimate of drug-likeness (QED) is 0.110. The summed E-state index contributed by atoms with van der Waals surface area (Å²) in [5, 5.41) is 39.7. The van der Waals surface area contributed by atoms with E-state index in [-0.39, 0.29) is 0 Å². The topological polar surface area (TPSA) is 245 Å². The first-order valence-electron chi connectivity index (χ1n) is 25.4. The molecule has 0 fully saturated rings. The van der Waals surface area contributed by atoms with Crippen LogP contribution in [0, 0.1) is 0 Å². The third-order valence-corrected chi connectivity index (χ3v) is 15.4. The minimum Gasteiger partial charge on any atom is -0.494 e. The number of hydrogen-bond acceptors (Lipinski definition) is 18. The summed E-state index contributed by atoms with van der Waals surface area (Å²) < 4.78 is 25.7. The van der Waals surface area contributed by atoms with Crippen molar-refractivity contribution in [3.8, 4) is 68.5 Å². The van der Waals surface area contributed by atoms with Gasteiger partial charge in [-0.2, -0.15) is 20.5 Å². The van der Waals surface area contributed by atoms with Gasteiger partial charge in [-0.15, -0.1) is 20.5 Å². The van der Waals surface area contributed by atoms with Gasteiger partial charge in [0.2, 0.25) is 0 Å². The van der Waals surface area contributed by atoms with Crippen LogP contribution in [0.5, 0.6) is 23.0 Å². The highest BCUT2D eigenvalue weighted by Crippen LogP contribution is 2.43. The van der Waals surface area contributed by atoms with Gasteiger partial charge < -0.3 is 28.9 Å². The molecular weight excluding hydrogens is 1330 g/mol. The van der Waals surface area contributed by atoms with Crippen LogP contribution in [-0.2, 0) is 0 Å². The fourth-order valence-electron chi connectivity index (χ4n) is 9.41. The summed E-state index contributed by atoms with van der Waals surface area (Å²) in [6.07, 6.45) is 0. The van der Waals surface area contributed by atoms with Gasteiger partial charge in [0.15, 0.2) is 23.3 Å². The van der Waals surface area contributed by atoms with Crippen LogP contribution >= 0.6 is 63.7 Å².